The third-order valence-corrected chi connectivity index (χ3v) is 3.11. The molecule has 2 aliphatic rings. The van der Waals surface area contributed by atoms with Gasteiger partial charge in [-0.2, -0.15) is 0 Å². The molecule has 1 aliphatic carbocycles. The van der Waals surface area contributed by atoms with Gasteiger partial charge in [-0.1, -0.05) is 12.8 Å². The van der Waals surface area contributed by atoms with Crippen LogP contribution in [0.3, 0.4) is 0 Å². The summed E-state index contributed by atoms with van der Waals surface area (Å²) in [6.45, 7) is 0.629. The van der Waals surface area contributed by atoms with Crippen molar-refractivity contribution in [2.45, 2.75) is 37.4 Å². The van der Waals surface area contributed by atoms with Gasteiger partial charge in [0.25, 0.3) is 5.91 Å². The molecule has 1 amide bonds. The minimum Gasteiger partial charge on any atom is -0.385 e. The van der Waals surface area contributed by atoms with E-state index in [4.69, 9.17) is 15.2 Å². The first-order valence-electron chi connectivity index (χ1n) is 5.15. The van der Waals surface area contributed by atoms with Gasteiger partial charge in [-0.25, -0.2) is 0 Å². The molecule has 0 aromatic carbocycles. The van der Waals surface area contributed by atoms with E-state index in [9.17, 15) is 4.79 Å². The van der Waals surface area contributed by atoms with Crippen LogP contribution in [0, 0.1) is 5.92 Å². The topological polar surface area (TPSA) is 64.8 Å². The summed E-state index contributed by atoms with van der Waals surface area (Å²) >= 11 is 0. The van der Waals surface area contributed by atoms with E-state index < -0.39 is 5.60 Å². The number of amides is 1. The molecule has 2 atom stereocenters. The largest absolute Gasteiger partial charge is 0.385 e. The van der Waals surface area contributed by atoms with E-state index >= 15 is 0 Å². The highest BCUT2D eigenvalue weighted by Gasteiger charge is 2.62. The lowest BCUT2D eigenvalue weighted by atomic mass is 9.96. The van der Waals surface area contributed by atoms with Gasteiger partial charge in [-0.3, -0.25) is 4.79 Å². The van der Waals surface area contributed by atoms with Crippen molar-refractivity contribution in [3.05, 3.63) is 0 Å². The summed E-state index contributed by atoms with van der Waals surface area (Å²) in [5, 5.41) is 0. The summed E-state index contributed by atoms with van der Waals surface area (Å²) in [5.41, 5.74) is 4.73. The number of epoxide rings is 1. The molecule has 1 heterocycles. The minimum absolute atomic E-state index is 0.000509. The van der Waals surface area contributed by atoms with E-state index in [1.165, 1.54) is 12.8 Å². The van der Waals surface area contributed by atoms with Crippen LogP contribution in [0.2, 0.25) is 0 Å². The number of nitrogens with two attached hydrogens (primary N) is 1. The summed E-state index contributed by atoms with van der Waals surface area (Å²) in [6, 6.07) is 0. The molecule has 1 saturated heterocycles. The van der Waals surface area contributed by atoms with Gasteiger partial charge in [-0.05, 0) is 12.3 Å². The zero-order chi connectivity index (χ0) is 10.2. The van der Waals surface area contributed by atoms with E-state index in [0.29, 0.717) is 12.5 Å². The molecular weight excluding hydrogens is 182 g/mol. The van der Waals surface area contributed by atoms with Gasteiger partial charge < -0.3 is 15.2 Å². The van der Waals surface area contributed by atoms with Gasteiger partial charge >= 0.3 is 0 Å². The summed E-state index contributed by atoms with van der Waals surface area (Å²) < 4.78 is 10.4. The highest BCUT2D eigenvalue weighted by molar-refractivity contribution is 5.87. The maximum absolute atomic E-state index is 11.3. The molecule has 0 radical (unpaired) electrons. The Kier molecular flexibility index (Phi) is 2.49. The van der Waals surface area contributed by atoms with E-state index in [-0.39, 0.29) is 12.0 Å². The second-order valence-corrected chi connectivity index (χ2v) is 4.29. The lowest BCUT2D eigenvalue weighted by molar-refractivity contribution is -0.123. The van der Waals surface area contributed by atoms with Crippen LogP contribution in [-0.2, 0) is 14.3 Å². The molecule has 2 fully saturated rings. The molecule has 14 heavy (non-hydrogen) atoms. The number of hydrogen-bond acceptors (Lipinski definition) is 3. The van der Waals surface area contributed by atoms with Gasteiger partial charge in [-0.15, -0.1) is 0 Å². The zero-order valence-electron chi connectivity index (χ0n) is 8.49. The Labute approximate surface area is 83.7 Å². The highest BCUT2D eigenvalue weighted by Crippen LogP contribution is 2.49. The molecule has 2 unspecified atom stereocenters. The Morgan fingerprint density at radius 1 is 1.64 bits per heavy atom. The number of carbonyl (C=O) groups excluding carboxylic acids is 1. The maximum Gasteiger partial charge on any atom is 0.252 e. The second-order valence-electron chi connectivity index (χ2n) is 4.29. The third-order valence-electron chi connectivity index (χ3n) is 3.11. The van der Waals surface area contributed by atoms with E-state index in [1.54, 1.807) is 7.11 Å². The van der Waals surface area contributed by atoms with Crippen molar-refractivity contribution in [2.24, 2.45) is 11.7 Å². The molecule has 0 aromatic heterocycles. The molecular formula is C10H17NO3. The van der Waals surface area contributed by atoms with Gasteiger partial charge in [0, 0.05) is 20.1 Å². The van der Waals surface area contributed by atoms with Gasteiger partial charge in [0.15, 0.2) is 5.60 Å². The second kappa shape index (κ2) is 3.51. The predicted octanol–water partition coefficient (Wildman–Crippen LogP) is 0.446. The Hall–Kier alpha value is -0.610. The highest BCUT2D eigenvalue weighted by atomic mass is 16.6. The first kappa shape index (κ1) is 9.93. The minimum atomic E-state index is -0.639. The lowest BCUT2D eigenvalue weighted by Gasteiger charge is -2.07. The number of primary amides is 1. The Morgan fingerprint density at radius 2 is 2.36 bits per heavy atom. The van der Waals surface area contributed by atoms with Crippen LogP contribution in [0.4, 0.5) is 0 Å². The summed E-state index contributed by atoms with van der Waals surface area (Å²) in [5.74, 6) is 0.362. The standard InChI is InChI=1S/C10H17NO3/c1-13-5-4-8-10(14-8,9(11)12)6-7-2-3-7/h7-8H,2-6H2,1H3,(H2,11,12). The summed E-state index contributed by atoms with van der Waals surface area (Å²) in [4.78, 5) is 11.3. The lowest BCUT2D eigenvalue weighted by Crippen LogP contribution is -2.35. The summed E-state index contributed by atoms with van der Waals surface area (Å²) in [6.07, 6.45) is 4.02. The SMILES string of the molecule is COCCC1OC1(CC1CC1)C(N)=O. The fraction of sp³-hybridized carbons (Fsp3) is 0.900. The van der Waals surface area contributed by atoms with Crippen LogP contribution in [0.15, 0.2) is 0 Å². The molecule has 0 aromatic rings. The molecule has 80 valence electrons. The maximum atomic E-state index is 11.3. The van der Waals surface area contributed by atoms with Gasteiger partial charge in [0.1, 0.15) is 0 Å². The average molecular weight is 199 g/mol. The molecule has 2 N–H and O–H groups in total. The molecule has 1 aliphatic heterocycles. The Morgan fingerprint density at radius 3 is 2.86 bits per heavy atom. The van der Waals surface area contributed by atoms with Crippen LogP contribution in [0.1, 0.15) is 25.7 Å². The van der Waals surface area contributed by atoms with Crippen LogP contribution >= 0.6 is 0 Å². The Balaban J connectivity index is 1.87. The quantitative estimate of drug-likeness (QED) is 0.631. The number of ether oxygens (including phenoxy) is 2. The van der Waals surface area contributed by atoms with Gasteiger partial charge in [0.2, 0.25) is 0 Å². The van der Waals surface area contributed by atoms with Crippen molar-refractivity contribution in [1.82, 2.24) is 0 Å². The predicted molar refractivity (Wildman–Crippen MR) is 50.6 cm³/mol. The Bertz CT molecular complexity index is 240. The molecule has 4 nitrogen and oxygen atoms in total. The van der Waals surface area contributed by atoms with Crippen LogP contribution in [-0.4, -0.2) is 31.3 Å². The first-order chi connectivity index (χ1) is 6.69. The number of hydrogen-bond donors (Lipinski definition) is 1. The first-order valence-corrected chi connectivity index (χ1v) is 5.15. The van der Waals surface area contributed by atoms with Crippen molar-refractivity contribution >= 4 is 5.91 Å². The van der Waals surface area contributed by atoms with Crippen LogP contribution in [0.25, 0.3) is 0 Å². The van der Waals surface area contributed by atoms with Crippen LogP contribution in [0.5, 0.6) is 0 Å². The monoisotopic (exact) mass is 199 g/mol. The van der Waals surface area contributed by atoms with Crippen molar-refractivity contribution in [2.75, 3.05) is 13.7 Å². The van der Waals surface area contributed by atoms with Crippen LogP contribution < -0.4 is 5.73 Å². The molecule has 2 rings (SSSR count). The van der Waals surface area contributed by atoms with Crippen molar-refractivity contribution in [1.29, 1.82) is 0 Å². The van der Waals surface area contributed by atoms with E-state index in [0.717, 1.165) is 12.8 Å². The van der Waals surface area contributed by atoms with Crippen molar-refractivity contribution < 1.29 is 14.3 Å². The number of methoxy groups -OCH3 is 1. The molecule has 0 bridgehead atoms. The normalized spacial score (nSPS) is 35.6. The van der Waals surface area contributed by atoms with Crippen molar-refractivity contribution in [3.8, 4) is 0 Å². The average Bonchev–Trinajstić information content (AvgIpc) is 3.01. The number of carbonyl (C=O) groups is 1. The zero-order valence-corrected chi connectivity index (χ0v) is 8.49. The van der Waals surface area contributed by atoms with E-state index in [1.807, 2.05) is 0 Å². The smallest absolute Gasteiger partial charge is 0.252 e. The number of rotatable bonds is 6. The fourth-order valence-electron chi connectivity index (χ4n) is 1.98. The third kappa shape index (κ3) is 1.77. The molecule has 0 spiro atoms. The van der Waals surface area contributed by atoms with Crippen molar-refractivity contribution in [3.63, 3.8) is 0 Å². The van der Waals surface area contributed by atoms with E-state index in [2.05, 4.69) is 0 Å². The molecule has 1 saturated carbocycles. The van der Waals surface area contributed by atoms with Gasteiger partial charge in [0.05, 0.1) is 6.10 Å². The fourth-order valence-corrected chi connectivity index (χ4v) is 1.98. The summed E-state index contributed by atoms with van der Waals surface area (Å²) in [7, 11) is 1.65. The molecule has 4 heteroatoms.